The van der Waals surface area contributed by atoms with Gasteiger partial charge in [0.15, 0.2) is 5.69 Å². The second-order valence-electron chi connectivity index (χ2n) is 7.02. The first-order valence-corrected chi connectivity index (χ1v) is 9.24. The topological polar surface area (TPSA) is 63.1 Å². The quantitative estimate of drug-likeness (QED) is 0.895. The maximum absolute atomic E-state index is 13.1. The van der Waals surface area contributed by atoms with Crippen molar-refractivity contribution in [3.05, 3.63) is 47.3 Å². The van der Waals surface area contributed by atoms with Gasteiger partial charge in [0.05, 0.1) is 17.8 Å². The van der Waals surface area contributed by atoms with Gasteiger partial charge in [0.2, 0.25) is 0 Å². The fourth-order valence-corrected chi connectivity index (χ4v) is 4.10. The van der Waals surface area contributed by atoms with E-state index in [2.05, 4.69) is 27.8 Å². The van der Waals surface area contributed by atoms with Gasteiger partial charge in [-0.05, 0) is 51.3 Å². The van der Waals surface area contributed by atoms with Crippen molar-refractivity contribution in [1.29, 1.82) is 0 Å². The van der Waals surface area contributed by atoms with Crippen molar-refractivity contribution in [2.45, 2.75) is 44.7 Å². The molecule has 0 spiro atoms. The molecule has 26 heavy (non-hydrogen) atoms. The fourth-order valence-electron chi connectivity index (χ4n) is 4.10. The number of halogens is 1. The number of amides is 1. The summed E-state index contributed by atoms with van der Waals surface area (Å²) in [6.45, 7) is 4.76. The first-order chi connectivity index (χ1) is 12.3. The Kier molecular flexibility index (Phi) is 5.94. The number of nitrogens with zero attached hydrogens (tertiary/aromatic N) is 4. The summed E-state index contributed by atoms with van der Waals surface area (Å²) in [6, 6.07) is 10.8. The molecule has 0 radical (unpaired) electrons. The van der Waals surface area contributed by atoms with Crippen LogP contribution in [0.25, 0.3) is 0 Å². The summed E-state index contributed by atoms with van der Waals surface area (Å²) in [6.07, 6.45) is 4.12. The third-order valence-electron chi connectivity index (χ3n) is 5.48. The van der Waals surface area contributed by atoms with Gasteiger partial charge in [-0.1, -0.05) is 35.5 Å². The molecule has 7 heteroatoms. The lowest BCUT2D eigenvalue weighted by atomic mass is 10.0. The van der Waals surface area contributed by atoms with Gasteiger partial charge >= 0.3 is 0 Å². The van der Waals surface area contributed by atoms with Gasteiger partial charge < -0.3 is 10.2 Å². The largest absolute Gasteiger partial charge is 0.330 e. The highest BCUT2D eigenvalue weighted by Gasteiger charge is 2.33. The molecule has 1 aromatic carbocycles. The van der Waals surface area contributed by atoms with E-state index in [1.54, 1.807) is 0 Å². The van der Waals surface area contributed by atoms with Crippen LogP contribution in [-0.2, 0) is 0 Å². The minimum Gasteiger partial charge on any atom is -0.330 e. The van der Waals surface area contributed by atoms with Gasteiger partial charge in [0, 0.05) is 6.54 Å². The van der Waals surface area contributed by atoms with Gasteiger partial charge in [-0.25, -0.2) is 4.68 Å². The van der Waals surface area contributed by atoms with Crippen LogP contribution in [0.15, 0.2) is 30.3 Å². The molecule has 2 saturated heterocycles. The van der Waals surface area contributed by atoms with Crippen LogP contribution in [0.5, 0.6) is 0 Å². The summed E-state index contributed by atoms with van der Waals surface area (Å²) >= 11 is 0. The third kappa shape index (κ3) is 3.48. The highest BCUT2D eigenvalue weighted by Crippen LogP contribution is 2.33. The zero-order valence-electron chi connectivity index (χ0n) is 15.1. The Morgan fingerprint density at radius 3 is 2.62 bits per heavy atom. The number of likely N-dealkylation sites (tertiary alicyclic amines) is 1. The third-order valence-corrected chi connectivity index (χ3v) is 5.48. The number of hydrogen-bond acceptors (Lipinski definition) is 4. The Labute approximate surface area is 160 Å². The molecular formula is C19H26ClN5O. The Balaban J connectivity index is 0.00000196. The van der Waals surface area contributed by atoms with E-state index in [-0.39, 0.29) is 24.4 Å². The highest BCUT2D eigenvalue weighted by atomic mass is 35.5. The van der Waals surface area contributed by atoms with E-state index in [0.29, 0.717) is 11.7 Å². The van der Waals surface area contributed by atoms with E-state index in [1.807, 2.05) is 34.7 Å². The number of piperidine rings is 1. The second-order valence-corrected chi connectivity index (χ2v) is 7.02. The first kappa shape index (κ1) is 18.9. The summed E-state index contributed by atoms with van der Waals surface area (Å²) in [5.41, 5.74) is 2.62. The van der Waals surface area contributed by atoms with Crippen molar-refractivity contribution in [3.8, 4) is 0 Å². The molecular weight excluding hydrogens is 350 g/mol. The molecule has 1 aromatic heterocycles. The predicted octanol–water partition coefficient (Wildman–Crippen LogP) is 2.91. The zero-order chi connectivity index (χ0) is 17.2. The molecule has 6 nitrogen and oxygen atoms in total. The van der Waals surface area contributed by atoms with E-state index in [4.69, 9.17) is 0 Å². The Hall–Kier alpha value is -1.92. The van der Waals surface area contributed by atoms with E-state index in [0.717, 1.165) is 51.0 Å². The Bertz CT molecular complexity index is 742. The van der Waals surface area contributed by atoms with Crippen molar-refractivity contribution in [1.82, 2.24) is 25.2 Å². The molecule has 1 atom stereocenters. The maximum atomic E-state index is 13.1. The molecule has 1 N–H and O–H groups in total. The lowest BCUT2D eigenvalue weighted by Crippen LogP contribution is -2.32. The van der Waals surface area contributed by atoms with Crippen molar-refractivity contribution in [2.24, 2.45) is 0 Å². The average molecular weight is 376 g/mol. The minimum absolute atomic E-state index is 0. The monoisotopic (exact) mass is 375 g/mol. The van der Waals surface area contributed by atoms with Crippen molar-refractivity contribution < 1.29 is 4.79 Å². The SMILES string of the molecule is Cc1c(C(=O)N2CCCC2c2ccccc2)nnn1C1CCNCC1.Cl. The number of aromatic nitrogens is 3. The van der Waals surface area contributed by atoms with Gasteiger partial charge in [-0.2, -0.15) is 0 Å². The molecule has 0 bridgehead atoms. The lowest BCUT2D eigenvalue weighted by Gasteiger charge is -2.25. The predicted molar refractivity (Wildman–Crippen MR) is 103 cm³/mol. The van der Waals surface area contributed by atoms with Gasteiger partial charge in [0.1, 0.15) is 0 Å². The fraction of sp³-hybridized carbons (Fsp3) is 0.526. The van der Waals surface area contributed by atoms with Crippen molar-refractivity contribution in [3.63, 3.8) is 0 Å². The van der Waals surface area contributed by atoms with Crippen LogP contribution >= 0.6 is 12.4 Å². The Morgan fingerprint density at radius 1 is 1.15 bits per heavy atom. The molecule has 4 rings (SSSR count). The van der Waals surface area contributed by atoms with Crippen LogP contribution < -0.4 is 5.32 Å². The standard InChI is InChI=1S/C19H25N5O.ClH/c1-14-18(21-22-24(14)16-9-11-20-12-10-16)19(25)23-13-5-8-17(23)15-6-3-2-4-7-15;/h2-4,6-7,16-17,20H,5,8-13H2,1H3;1H. The summed E-state index contributed by atoms with van der Waals surface area (Å²) in [4.78, 5) is 15.1. The number of rotatable bonds is 3. The van der Waals surface area contributed by atoms with Crippen molar-refractivity contribution in [2.75, 3.05) is 19.6 Å². The van der Waals surface area contributed by atoms with Crippen LogP contribution in [0.4, 0.5) is 0 Å². The molecule has 2 fully saturated rings. The number of carbonyl (C=O) groups excluding carboxylic acids is 1. The van der Waals surface area contributed by atoms with E-state index in [9.17, 15) is 4.79 Å². The van der Waals surface area contributed by atoms with Crippen LogP contribution in [0, 0.1) is 6.92 Å². The molecule has 1 amide bonds. The molecule has 0 saturated carbocycles. The van der Waals surface area contributed by atoms with Gasteiger partial charge in [-0.3, -0.25) is 4.79 Å². The van der Waals surface area contributed by atoms with E-state index in [1.165, 1.54) is 5.56 Å². The zero-order valence-corrected chi connectivity index (χ0v) is 15.9. The van der Waals surface area contributed by atoms with Crippen LogP contribution in [-0.4, -0.2) is 45.4 Å². The second kappa shape index (κ2) is 8.18. The number of nitrogens with one attached hydrogen (secondary N) is 1. The molecule has 2 aliphatic heterocycles. The lowest BCUT2D eigenvalue weighted by molar-refractivity contribution is 0.0728. The van der Waals surface area contributed by atoms with Crippen LogP contribution in [0.3, 0.4) is 0 Å². The van der Waals surface area contributed by atoms with Gasteiger partial charge in [-0.15, -0.1) is 17.5 Å². The summed E-state index contributed by atoms with van der Waals surface area (Å²) in [5, 5.41) is 12.0. The molecule has 2 aliphatic rings. The summed E-state index contributed by atoms with van der Waals surface area (Å²) in [5.74, 6) is 0.0176. The number of carbonyl (C=O) groups is 1. The van der Waals surface area contributed by atoms with E-state index >= 15 is 0 Å². The molecule has 3 heterocycles. The summed E-state index contributed by atoms with van der Waals surface area (Å²) in [7, 11) is 0. The van der Waals surface area contributed by atoms with E-state index < -0.39 is 0 Å². The molecule has 140 valence electrons. The average Bonchev–Trinajstić information content (AvgIpc) is 3.29. The normalized spacial score (nSPS) is 20.8. The van der Waals surface area contributed by atoms with Crippen LogP contribution in [0.2, 0.25) is 0 Å². The maximum Gasteiger partial charge on any atom is 0.276 e. The molecule has 2 aromatic rings. The van der Waals surface area contributed by atoms with Crippen molar-refractivity contribution >= 4 is 18.3 Å². The number of benzene rings is 1. The highest BCUT2D eigenvalue weighted by molar-refractivity contribution is 5.93. The van der Waals surface area contributed by atoms with Gasteiger partial charge in [0.25, 0.3) is 5.91 Å². The first-order valence-electron chi connectivity index (χ1n) is 9.24. The minimum atomic E-state index is 0. The molecule has 1 unspecified atom stereocenters. The Morgan fingerprint density at radius 2 is 1.88 bits per heavy atom. The smallest absolute Gasteiger partial charge is 0.276 e. The summed E-state index contributed by atoms with van der Waals surface area (Å²) < 4.78 is 1.96. The number of hydrogen-bond donors (Lipinski definition) is 1. The van der Waals surface area contributed by atoms with Crippen LogP contribution in [0.1, 0.15) is 59.5 Å². The molecule has 0 aliphatic carbocycles.